The Balaban J connectivity index is 1.16. The lowest BCUT2D eigenvalue weighted by atomic mass is 10.00. The maximum absolute atomic E-state index is 12.9. The van der Waals surface area contributed by atoms with Crippen LogP contribution >= 0.6 is 0 Å². The van der Waals surface area contributed by atoms with Gasteiger partial charge in [-0.15, -0.1) is 0 Å². The fraction of sp³-hybridized carbons (Fsp3) is 0.483. The van der Waals surface area contributed by atoms with Gasteiger partial charge in [-0.3, -0.25) is 10.00 Å². The molecule has 2 aliphatic rings. The molecule has 3 aromatic heterocycles. The number of piperidine rings is 1. The van der Waals surface area contributed by atoms with Crippen molar-refractivity contribution >= 4 is 10.9 Å². The minimum Gasteiger partial charge on any atom is -0.329 e. The fourth-order valence-corrected chi connectivity index (χ4v) is 6.03. The molecule has 0 bridgehead atoms. The molecular weight excluding hydrogens is 503 g/mol. The van der Waals surface area contributed by atoms with E-state index < -0.39 is 12.6 Å². The number of nitriles is 1. The van der Waals surface area contributed by atoms with Gasteiger partial charge in [0.05, 0.1) is 19.2 Å². The zero-order chi connectivity index (χ0) is 27.1. The predicted molar refractivity (Wildman–Crippen MR) is 141 cm³/mol. The first-order valence-corrected chi connectivity index (χ1v) is 13.7. The number of aryl methyl sites for hydroxylation is 2. The van der Waals surface area contributed by atoms with Gasteiger partial charge in [0.25, 0.3) is 0 Å². The summed E-state index contributed by atoms with van der Waals surface area (Å²) in [7, 11) is 0. The molecular formula is C29H32F3N7. The van der Waals surface area contributed by atoms with E-state index in [9.17, 15) is 18.4 Å². The average molecular weight is 536 g/mol. The van der Waals surface area contributed by atoms with Crippen LogP contribution in [0.4, 0.5) is 13.2 Å². The van der Waals surface area contributed by atoms with Crippen molar-refractivity contribution in [1.29, 1.82) is 5.26 Å². The summed E-state index contributed by atoms with van der Waals surface area (Å²) in [5, 5.41) is 17.7. The summed E-state index contributed by atoms with van der Waals surface area (Å²) in [4.78, 5) is 6.87. The summed E-state index contributed by atoms with van der Waals surface area (Å²) in [6, 6.07) is 8.77. The number of benzene rings is 1. The molecule has 6 rings (SSSR count). The predicted octanol–water partition coefficient (Wildman–Crippen LogP) is 6.00. The molecule has 1 saturated heterocycles. The lowest BCUT2D eigenvalue weighted by Crippen LogP contribution is -2.35. The number of rotatable bonds is 8. The minimum absolute atomic E-state index is 0.0550. The number of imidazole rings is 1. The molecule has 2 fully saturated rings. The molecule has 0 atom stereocenters. The monoisotopic (exact) mass is 535 g/mol. The number of likely N-dealkylation sites (tertiary alicyclic amines) is 1. The Bertz CT molecular complexity index is 1490. The maximum atomic E-state index is 12.9. The van der Waals surface area contributed by atoms with Gasteiger partial charge in [0, 0.05) is 72.6 Å². The summed E-state index contributed by atoms with van der Waals surface area (Å²) < 4.78 is 43.0. The summed E-state index contributed by atoms with van der Waals surface area (Å²) in [5.74, 6) is 1.03. The smallest absolute Gasteiger partial charge is 0.329 e. The van der Waals surface area contributed by atoms with Crippen molar-refractivity contribution in [2.75, 3.05) is 13.1 Å². The summed E-state index contributed by atoms with van der Waals surface area (Å²) in [6.45, 7) is 5.27. The topological polar surface area (TPSA) is 78.5 Å². The fourth-order valence-electron chi connectivity index (χ4n) is 6.03. The normalized spacial score (nSPS) is 17.2. The molecule has 1 saturated carbocycles. The zero-order valence-electron chi connectivity index (χ0n) is 22.0. The average Bonchev–Trinajstić information content (AvgIpc) is 3.31. The van der Waals surface area contributed by atoms with E-state index in [0.29, 0.717) is 24.0 Å². The standard InChI is InChI=1S/C29H32F3N7/c1-19-22(4-5-26-25(19)12-24(13-33)38(26)17-20-14-35-36-15-20)18-37-10-7-23(8-11-37)39-27(21-2-3-21)16-34-28(39)6-9-29(30,31)32/h4-5,12,14-16,21,23H,2-3,6-11,17-18H2,1H3,(H,35,36). The van der Waals surface area contributed by atoms with E-state index in [4.69, 9.17) is 0 Å². The molecule has 1 aliphatic carbocycles. The Morgan fingerprint density at radius 3 is 2.56 bits per heavy atom. The van der Waals surface area contributed by atoms with E-state index in [2.05, 4.69) is 49.8 Å². The number of hydrogen-bond donors (Lipinski definition) is 1. The molecule has 204 valence electrons. The summed E-state index contributed by atoms with van der Waals surface area (Å²) in [6.07, 6.45) is 4.38. The Kier molecular flexibility index (Phi) is 6.71. The molecule has 4 aromatic rings. The van der Waals surface area contributed by atoms with Crippen molar-refractivity contribution in [3.63, 3.8) is 0 Å². The van der Waals surface area contributed by atoms with Gasteiger partial charge in [-0.25, -0.2) is 4.98 Å². The first-order chi connectivity index (χ1) is 18.8. The van der Waals surface area contributed by atoms with Crippen LogP contribution in [-0.4, -0.2) is 48.5 Å². The second kappa shape index (κ2) is 10.2. The van der Waals surface area contributed by atoms with Crippen LogP contribution in [0.3, 0.4) is 0 Å². The quantitative estimate of drug-likeness (QED) is 0.300. The third kappa shape index (κ3) is 5.33. The number of nitrogens with zero attached hydrogens (tertiary/aromatic N) is 6. The van der Waals surface area contributed by atoms with Crippen molar-refractivity contribution in [2.45, 2.75) is 76.7 Å². The van der Waals surface area contributed by atoms with Crippen LogP contribution in [0.5, 0.6) is 0 Å². The van der Waals surface area contributed by atoms with Gasteiger partial charge in [0.15, 0.2) is 0 Å². The lowest BCUT2D eigenvalue weighted by molar-refractivity contribution is -0.134. The third-order valence-corrected chi connectivity index (χ3v) is 8.32. The number of H-pyrrole nitrogens is 1. The number of nitrogens with one attached hydrogen (secondary N) is 1. The van der Waals surface area contributed by atoms with E-state index in [1.54, 1.807) is 6.20 Å². The zero-order valence-corrected chi connectivity index (χ0v) is 22.0. The van der Waals surface area contributed by atoms with Crippen LogP contribution in [0.1, 0.15) is 78.0 Å². The molecule has 4 heterocycles. The first kappa shape index (κ1) is 25.7. The Morgan fingerprint density at radius 2 is 1.90 bits per heavy atom. The molecule has 0 amide bonds. The van der Waals surface area contributed by atoms with Gasteiger partial charge < -0.3 is 9.13 Å². The van der Waals surface area contributed by atoms with Gasteiger partial charge in [0.1, 0.15) is 17.6 Å². The highest BCUT2D eigenvalue weighted by Gasteiger charge is 2.34. The molecule has 0 unspecified atom stereocenters. The SMILES string of the molecule is Cc1c(CN2CCC(n3c(C4CC4)cnc3CCC(F)(F)F)CC2)ccc2c1cc(C#N)n2Cc1cn[nH]c1. The van der Waals surface area contributed by atoms with Crippen LogP contribution in [0, 0.1) is 18.3 Å². The highest BCUT2D eigenvalue weighted by atomic mass is 19.4. The largest absolute Gasteiger partial charge is 0.389 e. The first-order valence-electron chi connectivity index (χ1n) is 13.7. The molecule has 7 nitrogen and oxygen atoms in total. The molecule has 1 aliphatic heterocycles. The van der Waals surface area contributed by atoms with Gasteiger partial charge in [0.2, 0.25) is 0 Å². The Hall–Kier alpha value is -3.58. The number of fused-ring (bicyclic) bond motifs is 1. The Morgan fingerprint density at radius 1 is 1.10 bits per heavy atom. The van der Waals surface area contributed by atoms with Crippen molar-refractivity contribution < 1.29 is 13.2 Å². The number of hydrogen-bond acceptors (Lipinski definition) is 4. The van der Waals surface area contributed by atoms with Crippen molar-refractivity contribution in [1.82, 2.24) is 29.2 Å². The van der Waals surface area contributed by atoms with E-state index in [1.807, 2.05) is 23.0 Å². The maximum Gasteiger partial charge on any atom is 0.389 e. The molecule has 39 heavy (non-hydrogen) atoms. The molecule has 1 aromatic carbocycles. The molecule has 10 heteroatoms. The van der Waals surface area contributed by atoms with Crippen molar-refractivity contribution in [3.8, 4) is 6.07 Å². The van der Waals surface area contributed by atoms with Gasteiger partial charge in [-0.2, -0.15) is 23.5 Å². The van der Waals surface area contributed by atoms with E-state index >= 15 is 0 Å². The van der Waals surface area contributed by atoms with E-state index in [-0.39, 0.29) is 12.5 Å². The van der Waals surface area contributed by atoms with Crippen LogP contribution < -0.4 is 0 Å². The third-order valence-electron chi connectivity index (χ3n) is 8.32. The second-order valence-electron chi connectivity index (χ2n) is 11.0. The van der Waals surface area contributed by atoms with Crippen LogP contribution in [0.15, 0.2) is 36.8 Å². The van der Waals surface area contributed by atoms with Crippen LogP contribution in [-0.2, 0) is 19.5 Å². The highest BCUT2D eigenvalue weighted by molar-refractivity contribution is 5.86. The number of alkyl halides is 3. The Labute approximate surface area is 225 Å². The molecule has 0 spiro atoms. The number of aromatic nitrogens is 5. The van der Waals surface area contributed by atoms with E-state index in [0.717, 1.165) is 67.5 Å². The van der Waals surface area contributed by atoms with Gasteiger partial charge in [-0.1, -0.05) is 6.07 Å². The summed E-state index contributed by atoms with van der Waals surface area (Å²) in [5.41, 5.74) is 6.21. The molecule has 1 N–H and O–H groups in total. The minimum atomic E-state index is -4.17. The van der Waals surface area contributed by atoms with Crippen LogP contribution in [0.2, 0.25) is 0 Å². The second-order valence-corrected chi connectivity index (χ2v) is 11.0. The number of halogens is 3. The molecule has 0 radical (unpaired) electrons. The van der Waals surface area contributed by atoms with Crippen molar-refractivity contribution in [2.24, 2.45) is 0 Å². The van der Waals surface area contributed by atoms with Gasteiger partial charge in [-0.05, 0) is 55.9 Å². The summed E-state index contributed by atoms with van der Waals surface area (Å²) >= 11 is 0. The lowest BCUT2D eigenvalue weighted by Gasteiger charge is -2.34. The van der Waals surface area contributed by atoms with Crippen molar-refractivity contribution in [3.05, 3.63) is 70.7 Å². The van der Waals surface area contributed by atoms with E-state index in [1.165, 1.54) is 11.1 Å². The number of aromatic amines is 1. The highest BCUT2D eigenvalue weighted by Crippen LogP contribution is 2.43. The van der Waals surface area contributed by atoms with Crippen LogP contribution in [0.25, 0.3) is 10.9 Å². The van der Waals surface area contributed by atoms with Gasteiger partial charge >= 0.3 is 6.18 Å².